The summed E-state index contributed by atoms with van der Waals surface area (Å²) in [5.41, 5.74) is 7.58. The molecule has 3 nitrogen and oxygen atoms in total. The van der Waals surface area contributed by atoms with E-state index in [4.69, 9.17) is 5.73 Å². The maximum Gasteiger partial charge on any atom is 0.223 e. The number of nitrogen functional groups attached to an aromatic ring is 1. The van der Waals surface area contributed by atoms with E-state index < -0.39 is 0 Å². The molecule has 1 aromatic heterocycles. The number of hydrogen-bond donors (Lipinski definition) is 1. The SMILES string of the molecule is CC(CC(=O)N(C)Cc1cccs1)c1ccc(N)cc1. The molecule has 0 fully saturated rings. The smallest absolute Gasteiger partial charge is 0.223 e. The van der Waals surface area contributed by atoms with Gasteiger partial charge in [-0.1, -0.05) is 25.1 Å². The lowest BCUT2D eigenvalue weighted by atomic mass is 9.97. The van der Waals surface area contributed by atoms with Gasteiger partial charge in [-0.25, -0.2) is 0 Å². The van der Waals surface area contributed by atoms with Crippen LogP contribution in [0.1, 0.15) is 29.7 Å². The second kappa shape index (κ2) is 6.57. The van der Waals surface area contributed by atoms with E-state index in [0.29, 0.717) is 13.0 Å². The van der Waals surface area contributed by atoms with Crippen molar-refractivity contribution in [1.29, 1.82) is 0 Å². The number of thiophene rings is 1. The van der Waals surface area contributed by atoms with Crippen LogP contribution in [0.2, 0.25) is 0 Å². The van der Waals surface area contributed by atoms with Crippen LogP contribution in [-0.4, -0.2) is 17.9 Å². The Kier molecular flexibility index (Phi) is 4.79. The molecule has 0 spiro atoms. The van der Waals surface area contributed by atoms with Crippen LogP contribution in [0.3, 0.4) is 0 Å². The van der Waals surface area contributed by atoms with Crippen molar-refractivity contribution in [2.24, 2.45) is 0 Å². The predicted octanol–water partition coefficient (Wildman–Crippen LogP) is 3.48. The van der Waals surface area contributed by atoms with Gasteiger partial charge in [0, 0.05) is 24.0 Å². The van der Waals surface area contributed by atoms with Crippen LogP contribution < -0.4 is 5.73 Å². The van der Waals surface area contributed by atoms with E-state index in [1.54, 1.807) is 16.2 Å². The Labute approximate surface area is 124 Å². The van der Waals surface area contributed by atoms with Gasteiger partial charge in [0.05, 0.1) is 6.54 Å². The summed E-state index contributed by atoms with van der Waals surface area (Å²) < 4.78 is 0. The lowest BCUT2D eigenvalue weighted by molar-refractivity contribution is -0.130. The van der Waals surface area contributed by atoms with Gasteiger partial charge in [-0.3, -0.25) is 4.79 Å². The van der Waals surface area contributed by atoms with E-state index in [0.717, 1.165) is 11.3 Å². The van der Waals surface area contributed by atoms with E-state index >= 15 is 0 Å². The van der Waals surface area contributed by atoms with Crippen molar-refractivity contribution in [3.05, 3.63) is 52.2 Å². The Bertz CT molecular complexity index is 548. The largest absolute Gasteiger partial charge is 0.399 e. The first-order valence-electron chi connectivity index (χ1n) is 6.68. The molecule has 0 aliphatic heterocycles. The van der Waals surface area contributed by atoms with E-state index in [1.807, 2.05) is 42.8 Å². The van der Waals surface area contributed by atoms with Crippen molar-refractivity contribution in [1.82, 2.24) is 4.90 Å². The molecular formula is C16H20N2OS. The van der Waals surface area contributed by atoms with Crippen LogP contribution >= 0.6 is 11.3 Å². The molecule has 1 aromatic carbocycles. The van der Waals surface area contributed by atoms with E-state index in [1.165, 1.54) is 4.88 Å². The zero-order chi connectivity index (χ0) is 14.5. The van der Waals surface area contributed by atoms with Gasteiger partial charge in [0.1, 0.15) is 0 Å². The molecule has 0 saturated carbocycles. The van der Waals surface area contributed by atoms with Gasteiger partial charge < -0.3 is 10.6 Å². The summed E-state index contributed by atoms with van der Waals surface area (Å²) in [6.45, 7) is 2.76. The summed E-state index contributed by atoms with van der Waals surface area (Å²) in [5, 5.41) is 2.03. The van der Waals surface area contributed by atoms with Crippen molar-refractivity contribution in [3.8, 4) is 0 Å². The molecule has 0 aliphatic carbocycles. The summed E-state index contributed by atoms with van der Waals surface area (Å²) in [7, 11) is 1.86. The monoisotopic (exact) mass is 288 g/mol. The van der Waals surface area contributed by atoms with E-state index in [2.05, 4.69) is 13.0 Å². The quantitative estimate of drug-likeness (QED) is 0.856. The second-order valence-electron chi connectivity index (χ2n) is 5.10. The second-order valence-corrected chi connectivity index (χ2v) is 6.13. The normalized spacial score (nSPS) is 12.1. The molecule has 1 unspecified atom stereocenters. The Morgan fingerprint density at radius 1 is 1.30 bits per heavy atom. The van der Waals surface area contributed by atoms with Crippen molar-refractivity contribution >= 4 is 22.9 Å². The third-order valence-electron chi connectivity index (χ3n) is 3.39. The molecule has 0 bridgehead atoms. The molecule has 0 saturated heterocycles. The first-order chi connectivity index (χ1) is 9.56. The molecule has 0 aliphatic rings. The lowest BCUT2D eigenvalue weighted by Crippen LogP contribution is -2.26. The van der Waals surface area contributed by atoms with Gasteiger partial charge in [-0.05, 0) is 35.1 Å². The summed E-state index contributed by atoms with van der Waals surface area (Å²) in [4.78, 5) is 15.2. The van der Waals surface area contributed by atoms with Gasteiger partial charge in [0.15, 0.2) is 0 Å². The summed E-state index contributed by atoms with van der Waals surface area (Å²) in [6, 6.07) is 11.8. The van der Waals surface area contributed by atoms with Crippen LogP contribution in [0.5, 0.6) is 0 Å². The molecule has 1 atom stereocenters. The minimum Gasteiger partial charge on any atom is -0.399 e. The molecular weight excluding hydrogens is 268 g/mol. The van der Waals surface area contributed by atoms with Gasteiger partial charge >= 0.3 is 0 Å². The van der Waals surface area contributed by atoms with Gasteiger partial charge in [-0.15, -0.1) is 11.3 Å². The Hall–Kier alpha value is -1.81. The number of rotatable bonds is 5. The molecule has 1 heterocycles. The van der Waals surface area contributed by atoms with E-state index in [-0.39, 0.29) is 11.8 Å². The summed E-state index contributed by atoms with van der Waals surface area (Å²) in [6.07, 6.45) is 0.520. The van der Waals surface area contributed by atoms with Crippen molar-refractivity contribution in [3.63, 3.8) is 0 Å². The lowest BCUT2D eigenvalue weighted by Gasteiger charge is -2.19. The highest BCUT2D eigenvalue weighted by molar-refractivity contribution is 7.09. The number of carbonyl (C=O) groups is 1. The standard InChI is InChI=1S/C16H20N2OS/c1-12(13-5-7-14(17)8-6-13)10-16(19)18(2)11-15-4-3-9-20-15/h3-9,12H,10-11,17H2,1-2H3. The minimum absolute atomic E-state index is 0.169. The zero-order valence-corrected chi connectivity index (χ0v) is 12.7. The number of carbonyl (C=O) groups excluding carboxylic acids is 1. The number of hydrogen-bond acceptors (Lipinski definition) is 3. The first-order valence-corrected chi connectivity index (χ1v) is 7.56. The maximum absolute atomic E-state index is 12.2. The summed E-state index contributed by atoms with van der Waals surface area (Å²) >= 11 is 1.68. The maximum atomic E-state index is 12.2. The van der Waals surface area contributed by atoms with Crippen LogP contribution in [-0.2, 0) is 11.3 Å². The Morgan fingerprint density at radius 2 is 2.00 bits per heavy atom. The number of nitrogens with zero attached hydrogens (tertiary/aromatic N) is 1. The fourth-order valence-corrected chi connectivity index (χ4v) is 2.84. The number of anilines is 1. The fraction of sp³-hybridized carbons (Fsp3) is 0.312. The van der Waals surface area contributed by atoms with E-state index in [9.17, 15) is 4.79 Å². The van der Waals surface area contributed by atoms with Crippen LogP contribution in [0, 0.1) is 0 Å². The molecule has 2 N–H and O–H groups in total. The number of amides is 1. The number of nitrogens with two attached hydrogens (primary N) is 1. The van der Waals surface area contributed by atoms with Gasteiger partial charge in [0.25, 0.3) is 0 Å². The average molecular weight is 288 g/mol. The van der Waals surface area contributed by atoms with Gasteiger partial charge in [-0.2, -0.15) is 0 Å². The zero-order valence-electron chi connectivity index (χ0n) is 11.9. The average Bonchev–Trinajstić information content (AvgIpc) is 2.92. The molecule has 4 heteroatoms. The molecule has 2 aromatic rings. The Balaban J connectivity index is 1.91. The highest BCUT2D eigenvalue weighted by atomic mass is 32.1. The van der Waals surface area contributed by atoms with Crippen molar-refractivity contribution in [2.75, 3.05) is 12.8 Å². The van der Waals surface area contributed by atoms with Crippen molar-refractivity contribution in [2.45, 2.75) is 25.8 Å². The highest BCUT2D eigenvalue weighted by Gasteiger charge is 2.15. The first kappa shape index (κ1) is 14.6. The third-order valence-corrected chi connectivity index (χ3v) is 4.25. The fourth-order valence-electron chi connectivity index (χ4n) is 2.08. The minimum atomic E-state index is 0.169. The highest BCUT2D eigenvalue weighted by Crippen LogP contribution is 2.21. The molecule has 0 radical (unpaired) electrons. The topological polar surface area (TPSA) is 46.3 Å². The molecule has 106 valence electrons. The van der Waals surface area contributed by atoms with Gasteiger partial charge in [0.2, 0.25) is 5.91 Å². The Morgan fingerprint density at radius 3 is 2.60 bits per heavy atom. The summed E-state index contributed by atoms with van der Waals surface area (Å²) in [5.74, 6) is 0.372. The predicted molar refractivity (Wildman–Crippen MR) is 84.7 cm³/mol. The third kappa shape index (κ3) is 3.84. The van der Waals surface area contributed by atoms with Crippen LogP contribution in [0.25, 0.3) is 0 Å². The molecule has 1 amide bonds. The molecule has 2 rings (SSSR count). The van der Waals surface area contributed by atoms with Crippen LogP contribution in [0.15, 0.2) is 41.8 Å². The van der Waals surface area contributed by atoms with Crippen LogP contribution in [0.4, 0.5) is 5.69 Å². The van der Waals surface area contributed by atoms with Crippen molar-refractivity contribution < 1.29 is 4.79 Å². The number of benzene rings is 1. The molecule has 20 heavy (non-hydrogen) atoms.